The van der Waals surface area contributed by atoms with Gasteiger partial charge in [-0.05, 0) is 54.3 Å². The minimum atomic E-state index is -0.215. The number of phenols is 1. The lowest BCUT2D eigenvalue weighted by Gasteiger charge is -2.27. The largest absolute Gasteiger partial charge is 0.508 e. The van der Waals surface area contributed by atoms with Gasteiger partial charge in [-0.25, -0.2) is 4.39 Å². The summed E-state index contributed by atoms with van der Waals surface area (Å²) in [6, 6.07) is 12.4. The van der Waals surface area contributed by atoms with Crippen LogP contribution in [0.5, 0.6) is 5.75 Å². The number of hydrogen-bond acceptors (Lipinski definition) is 2. The van der Waals surface area contributed by atoms with E-state index in [-0.39, 0.29) is 11.9 Å². The Kier molecular flexibility index (Phi) is 2.90. The summed E-state index contributed by atoms with van der Waals surface area (Å²) in [5.74, 6) is 0.0982. The van der Waals surface area contributed by atoms with Crippen molar-refractivity contribution in [3.05, 3.63) is 59.4 Å². The lowest BCUT2D eigenvalue weighted by molar-refractivity contribution is 0.474. The molecule has 1 unspecified atom stereocenters. The van der Waals surface area contributed by atoms with Gasteiger partial charge in [-0.15, -0.1) is 0 Å². The third-order valence-electron chi connectivity index (χ3n) is 3.86. The van der Waals surface area contributed by atoms with Crippen molar-refractivity contribution in [2.45, 2.75) is 18.9 Å². The van der Waals surface area contributed by atoms with Crippen molar-refractivity contribution in [2.75, 3.05) is 11.9 Å². The SMILES string of the molecule is CN(c1cccc(F)c1)C1CCc2cc(O)ccc21. The second-order valence-electron chi connectivity index (χ2n) is 5.03. The van der Waals surface area contributed by atoms with Crippen molar-refractivity contribution in [2.24, 2.45) is 0 Å². The molecule has 0 radical (unpaired) electrons. The van der Waals surface area contributed by atoms with E-state index in [1.165, 1.54) is 17.2 Å². The highest BCUT2D eigenvalue weighted by molar-refractivity contribution is 5.51. The second-order valence-corrected chi connectivity index (χ2v) is 5.03. The first-order chi connectivity index (χ1) is 9.15. The maximum Gasteiger partial charge on any atom is 0.125 e. The van der Waals surface area contributed by atoms with Gasteiger partial charge in [0.1, 0.15) is 11.6 Å². The zero-order valence-corrected chi connectivity index (χ0v) is 10.8. The van der Waals surface area contributed by atoms with Gasteiger partial charge in [0.15, 0.2) is 0 Å². The molecule has 0 saturated heterocycles. The number of nitrogens with zero attached hydrogens (tertiary/aromatic N) is 1. The van der Waals surface area contributed by atoms with Crippen LogP contribution < -0.4 is 4.90 Å². The highest BCUT2D eigenvalue weighted by Gasteiger charge is 2.26. The molecule has 0 bridgehead atoms. The van der Waals surface area contributed by atoms with E-state index in [1.807, 2.05) is 25.2 Å². The van der Waals surface area contributed by atoms with Gasteiger partial charge in [0.25, 0.3) is 0 Å². The van der Waals surface area contributed by atoms with Crippen LogP contribution in [-0.4, -0.2) is 12.2 Å². The third kappa shape index (κ3) is 2.16. The first-order valence-electron chi connectivity index (χ1n) is 6.45. The summed E-state index contributed by atoms with van der Waals surface area (Å²) in [4.78, 5) is 2.10. The molecule has 2 nitrogen and oxygen atoms in total. The molecule has 0 aromatic heterocycles. The van der Waals surface area contributed by atoms with Gasteiger partial charge in [-0.2, -0.15) is 0 Å². The summed E-state index contributed by atoms with van der Waals surface area (Å²) in [7, 11) is 1.99. The van der Waals surface area contributed by atoms with E-state index in [2.05, 4.69) is 4.90 Å². The Hall–Kier alpha value is -2.03. The molecule has 1 aliphatic rings. The predicted octanol–water partition coefficient (Wildman–Crippen LogP) is 3.66. The molecule has 0 heterocycles. The van der Waals surface area contributed by atoms with E-state index in [1.54, 1.807) is 18.2 Å². The van der Waals surface area contributed by atoms with Gasteiger partial charge in [-0.3, -0.25) is 0 Å². The van der Waals surface area contributed by atoms with E-state index in [9.17, 15) is 9.50 Å². The van der Waals surface area contributed by atoms with Crippen LogP contribution in [0.3, 0.4) is 0 Å². The molecule has 0 aliphatic heterocycles. The van der Waals surface area contributed by atoms with E-state index in [4.69, 9.17) is 0 Å². The maximum atomic E-state index is 13.3. The average Bonchev–Trinajstić information content (AvgIpc) is 2.80. The Morgan fingerprint density at radius 2 is 2.05 bits per heavy atom. The lowest BCUT2D eigenvalue weighted by atomic mass is 10.1. The molecule has 0 fully saturated rings. The van der Waals surface area contributed by atoms with Crippen LogP contribution in [0.1, 0.15) is 23.6 Å². The normalized spacial score (nSPS) is 17.3. The molecule has 0 spiro atoms. The van der Waals surface area contributed by atoms with Crippen LogP contribution in [0.4, 0.5) is 10.1 Å². The van der Waals surface area contributed by atoms with Crippen molar-refractivity contribution >= 4 is 5.69 Å². The molecule has 98 valence electrons. The van der Waals surface area contributed by atoms with Gasteiger partial charge in [0.05, 0.1) is 6.04 Å². The Morgan fingerprint density at radius 1 is 1.21 bits per heavy atom. The number of aryl methyl sites for hydroxylation is 1. The van der Waals surface area contributed by atoms with Crippen molar-refractivity contribution < 1.29 is 9.50 Å². The topological polar surface area (TPSA) is 23.5 Å². The van der Waals surface area contributed by atoms with E-state index >= 15 is 0 Å². The van der Waals surface area contributed by atoms with E-state index in [0.717, 1.165) is 18.5 Å². The minimum Gasteiger partial charge on any atom is -0.508 e. The molecule has 2 aromatic rings. The fraction of sp³-hybridized carbons (Fsp3) is 0.250. The van der Waals surface area contributed by atoms with Gasteiger partial charge >= 0.3 is 0 Å². The van der Waals surface area contributed by atoms with Crippen molar-refractivity contribution in [1.29, 1.82) is 0 Å². The minimum absolute atomic E-state index is 0.215. The zero-order chi connectivity index (χ0) is 13.4. The maximum absolute atomic E-state index is 13.3. The Morgan fingerprint density at radius 3 is 2.84 bits per heavy atom. The summed E-state index contributed by atoms with van der Waals surface area (Å²) >= 11 is 0. The first-order valence-corrected chi connectivity index (χ1v) is 6.45. The summed E-state index contributed by atoms with van der Waals surface area (Å²) in [6.45, 7) is 0. The number of anilines is 1. The standard InChI is InChI=1S/C16H16FNO/c1-18(13-4-2-3-12(17)10-13)16-8-5-11-9-14(19)6-7-15(11)16/h2-4,6-7,9-10,16,19H,5,8H2,1H3. The first kappa shape index (κ1) is 12.0. The van der Waals surface area contributed by atoms with Crippen LogP contribution in [0.15, 0.2) is 42.5 Å². The van der Waals surface area contributed by atoms with Crippen molar-refractivity contribution in [3.8, 4) is 5.75 Å². The van der Waals surface area contributed by atoms with Crippen LogP contribution in [0.25, 0.3) is 0 Å². The monoisotopic (exact) mass is 257 g/mol. The molecule has 3 heteroatoms. The molecular formula is C16H16FNO. The number of rotatable bonds is 2. The molecule has 0 saturated carbocycles. The summed E-state index contributed by atoms with van der Waals surface area (Å²) in [5.41, 5.74) is 3.30. The van der Waals surface area contributed by atoms with Crippen molar-refractivity contribution in [3.63, 3.8) is 0 Å². The molecule has 1 aliphatic carbocycles. The summed E-state index contributed by atoms with van der Waals surface area (Å²) in [5, 5.41) is 9.51. The highest BCUT2D eigenvalue weighted by Crippen LogP contribution is 2.38. The van der Waals surface area contributed by atoms with Crippen LogP contribution in [0.2, 0.25) is 0 Å². The van der Waals surface area contributed by atoms with Crippen molar-refractivity contribution in [1.82, 2.24) is 0 Å². The average molecular weight is 257 g/mol. The highest BCUT2D eigenvalue weighted by atomic mass is 19.1. The molecule has 0 amide bonds. The number of hydrogen-bond donors (Lipinski definition) is 1. The molecular weight excluding hydrogens is 241 g/mol. The Labute approximate surface area is 112 Å². The van der Waals surface area contributed by atoms with E-state index < -0.39 is 0 Å². The number of phenolic OH excluding ortho intramolecular Hbond substituents is 1. The number of halogens is 1. The summed E-state index contributed by atoms with van der Waals surface area (Å²) < 4.78 is 13.3. The van der Waals surface area contributed by atoms with Crippen LogP contribution in [0, 0.1) is 5.82 Å². The van der Waals surface area contributed by atoms with Gasteiger partial charge in [0.2, 0.25) is 0 Å². The molecule has 19 heavy (non-hydrogen) atoms. The van der Waals surface area contributed by atoms with Crippen LogP contribution >= 0.6 is 0 Å². The third-order valence-corrected chi connectivity index (χ3v) is 3.86. The lowest BCUT2D eigenvalue weighted by Crippen LogP contribution is -2.22. The molecule has 1 N–H and O–H groups in total. The molecule has 2 aromatic carbocycles. The van der Waals surface area contributed by atoms with Gasteiger partial charge < -0.3 is 10.0 Å². The number of aromatic hydroxyl groups is 1. The molecule has 3 rings (SSSR count). The fourth-order valence-corrected chi connectivity index (χ4v) is 2.86. The van der Waals surface area contributed by atoms with E-state index in [0.29, 0.717) is 5.75 Å². The number of benzene rings is 2. The fourth-order valence-electron chi connectivity index (χ4n) is 2.86. The van der Waals surface area contributed by atoms with Gasteiger partial charge in [-0.1, -0.05) is 12.1 Å². The smallest absolute Gasteiger partial charge is 0.125 e. The quantitative estimate of drug-likeness (QED) is 0.887. The predicted molar refractivity (Wildman–Crippen MR) is 74.0 cm³/mol. The van der Waals surface area contributed by atoms with Gasteiger partial charge in [0, 0.05) is 12.7 Å². The van der Waals surface area contributed by atoms with Crippen LogP contribution in [-0.2, 0) is 6.42 Å². The Balaban J connectivity index is 1.93. The summed E-state index contributed by atoms with van der Waals surface area (Å²) in [6.07, 6.45) is 1.94. The zero-order valence-electron chi connectivity index (χ0n) is 10.8. The second kappa shape index (κ2) is 4.57. The molecule has 1 atom stereocenters. The Bertz CT molecular complexity index is 611. The number of fused-ring (bicyclic) bond motifs is 1.